The van der Waals surface area contributed by atoms with E-state index in [-0.39, 0.29) is 11.3 Å². The van der Waals surface area contributed by atoms with E-state index in [4.69, 9.17) is 4.74 Å². The van der Waals surface area contributed by atoms with Gasteiger partial charge in [0.15, 0.2) is 0 Å². The van der Waals surface area contributed by atoms with E-state index in [2.05, 4.69) is 36.4 Å². The van der Waals surface area contributed by atoms with Crippen molar-refractivity contribution in [1.82, 2.24) is 4.98 Å². The van der Waals surface area contributed by atoms with Gasteiger partial charge in [0.2, 0.25) is 0 Å². The van der Waals surface area contributed by atoms with Crippen molar-refractivity contribution < 1.29 is 14.3 Å². The van der Waals surface area contributed by atoms with Crippen LogP contribution in [0.15, 0.2) is 71.8 Å². The largest absolute Gasteiger partial charge is 0.444 e. The zero-order valence-electron chi connectivity index (χ0n) is 21.1. The van der Waals surface area contributed by atoms with Crippen LogP contribution >= 0.6 is 11.8 Å². The average Bonchev–Trinajstić information content (AvgIpc) is 2.76. The van der Waals surface area contributed by atoms with Crippen LogP contribution in [-0.4, -0.2) is 22.6 Å². The van der Waals surface area contributed by atoms with Crippen molar-refractivity contribution in [2.45, 2.75) is 63.2 Å². The van der Waals surface area contributed by atoms with Gasteiger partial charge in [0, 0.05) is 22.5 Å². The Morgan fingerprint density at radius 3 is 2.26 bits per heavy atom. The highest BCUT2D eigenvalue weighted by atomic mass is 32.2. The van der Waals surface area contributed by atoms with Gasteiger partial charge in [-0.1, -0.05) is 45.0 Å². The number of carbonyl (C=O) groups excluding carboxylic acids is 2. The molecule has 1 heterocycles. The fourth-order valence-electron chi connectivity index (χ4n) is 3.23. The normalized spacial score (nSPS) is 11.6. The van der Waals surface area contributed by atoms with Crippen LogP contribution in [0.2, 0.25) is 0 Å². The minimum absolute atomic E-state index is 0.0566. The standard InChI is InChI=1S/C28H33N3O3S/c1-27(2,3)20-11-13-21(14-12-20)30-25(32)22-9-7-8-10-23(22)35-18-19-15-16-29-24(17-19)31-26(33)34-28(4,5)6/h7-17H,18H2,1-6H3,(H,30,32)(H,29,31,33). The minimum Gasteiger partial charge on any atom is -0.444 e. The van der Waals surface area contributed by atoms with E-state index in [0.717, 1.165) is 16.1 Å². The van der Waals surface area contributed by atoms with E-state index >= 15 is 0 Å². The molecule has 0 fully saturated rings. The van der Waals surface area contributed by atoms with Gasteiger partial charge in [-0.05, 0) is 73.7 Å². The minimum atomic E-state index is -0.587. The van der Waals surface area contributed by atoms with E-state index in [9.17, 15) is 9.59 Å². The molecule has 2 aromatic carbocycles. The number of nitrogens with one attached hydrogen (secondary N) is 2. The Morgan fingerprint density at radius 1 is 0.914 bits per heavy atom. The molecule has 0 atom stereocenters. The summed E-state index contributed by atoms with van der Waals surface area (Å²) in [6, 6.07) is 19.2. The number of anilines is 2. The first-order valence-electron chi connectivity index (χ1n) is 11.5. The van der Waals surface area contributed by atoms with Crippen LogP contribution in [0.5, 0.6) is 0 Å². The number of hydrogen-bond donors (Lipinski definition) is 2. The monoisotopic (exact) mass is 491 g/mol. The molecule has 0 aliphatic rings. The Balaban J connectivity index is 1.66. The molecule has 0 saturated carbocycles. The number of aromatic nitrogens is 1. The molecule has 7 heteroatoms. The number of rotatable bonds is 6. The molecular weight excluding hydrogens is 458 g/mol. The second-order valence-electron chi connectivity index (χ2n) is 10.2. The third kappa shape index (κ3) is 8.14. The number of hydrogen-bond acceptors (Lipinski definition) is 5. The van der Waals surface area contributed by atoms with Gasteiger partial charge in [0.25, 0.3) is 5.91 Å². The number of carbonyl (C=O) groups is 2. The van der Waals surface area contributed by atoms with Crippen LogP contribution in [0.25, 0.3) is 0 Å². The van der Waals surface area contributed by atoms with Gasteiger partial charge in [0.05, 0.1) is 5.56 Å². The molecule has 0 bridgehead atoms. The van der Waals surface area contributed by atoms with Gasteiger partial charge in [-0.25, -0.2) is 9.78 Å². The second-order valence-corrected chi connectivity index (χ2v) is 11.3. The van der Waals surface area contributed by atoms with Crippen molar-refractivity contribution in [2.24, 2.45) is 0 Å². The van der Waals surface area contributed by atoms with Crippen LogP contribution in [0.4, 0.5) is 16.3 Å². The molecule has 35 heavy (non-hydrogen) atoms. The quantitative estimate of drug-likeness (QED) is 0.354. The van der Waals surface area contributed by atoms with E-state index in [1.807, 2.05) is 75.4 Å². The highest BCUT2D eigenvalue weighted by Crippen LogP contribution is 2.28. The summed E-state index contributed by atoms with van der Waals surface area (Å²) < 4.78 is 5.28. The Kier molecular flexibility index (Phi) is 8.22. The molecular formula is C28H33N3O3S. The Morgan fingerprint density at radius 2 is 1.60 bits per heavy atom. The van der Waals surface area contributed by atoms with Crippen molar-refractivity contribution in [1.29, 1.82) is 0 Å². The van der Waals surface area contributed by atoms with Gasteiger partial charge < -0.3 is 10.1 Å². The first-order chi connectivity index (χ1) is 16.4. The number of amides is 2. The molecule has 0 unspecified atom stereocenters. The first kappa shape index (κ1) is 26.3. The summed E-state index contributed by atoms with van der Waals surface area (Å²) in [6.07, 6.45) is 1.09. The predicted molar refractivity (Wildman–Crippen MR) is 143 cm³/mol. The molecule has 6 nitrogen and oxygen atoms in total. The van der Waals surface area contributed by atoms with Crippen LogP contribution in [0.3, 0.4) is 0 Å². The van der Waals surface area contributed by atoms with Crippen molar-refractivity contribution in [3.8, 4) is 0 Å². The molecule has 0 radical (unpaired) electrons. The number of benzene rings is 2. The summed E-state index contributed by atoms with van der Waals surface area (Å²) >= 11 is 1.55. The lowest BCUT2D eigenvalue weighted by Crippen LogP contribution is -2.27. The average molecular weight is 492 g/mol. The third-order valence-corrected chi connectivity index (χ3v) is 6.13. The second kappa shape index (κ2) is 11.0. The number of nitrogens with zero attached hydrogens (tertiary/aromatic N) is 1. The molecule has 2 amide bonds. The number of pyridine rings is 1. The van der Waals surface area contributed by atoms with Gasteiger partial charge >= 0.3 is 6.09 Å². The van der Waals surface area contributed by atoms with E-state index in [1.54, 1.807) is 24.0 Å². The van der Waals surface area contributed by atoms with Crippen LogP contribution in [0.1, 0.15) is 63.0 Å². The maximum absolute atomic E-state index is 13.0. The number of ether oxygens (including phenoxy) is 1. The van der Waals surface area contributed by atoms with Crippen LogP contribution in [-0.2, 0) is 15.9 Å². The lowest BCUT2D eigenvalue weighted by atomic mass is 9.87. The van der Waals surface area contributed by atoms with Crippen molar-refractivity contribution in [3.63, 3.8) is 0 Å². The Bertz CT molecular complexity index is 1180. The molecule has 2 N–H and O–H groups in total. The Labute approximate surface area is 211 Å². The van der Waals surface area contributed by atoms with E-state index in [1.165, 1.54) is 5.56 Å². The van der Waals surface area contributed by atoms with E-state index < -0.39 is 11.7 Å². The Hall–Kier alpha value is -3.32. The maximum atomic E-state index is 13.0. The van der Waals surface area contributed by atoms with Gasteiger partial charge in [-0.3, -0.25) is 10.1 Å². The third-order valence-electron chi connectivity index (χ3n) is 4.99. The smallest absolute Gasteiger partial charge is 0.413 e. The van der Waals surface area contributed by atoms with Crippen molar-refractivity contribution >= 4 is 35.3 Å². The molecule has 3 rings (SSSR count). The van der Waals surface area contributed by atoms with Crippen LogP contribution in [0, 0.1) is 0 Å². The molecule has 0 aliphatic carbocycles. The van der Waals surface area contributed by atoms with Crippen LogP contribution < -0.4 is 10.6 Å². The zero-order valence-corrected chi connectivity index (χ0v) is 22.0. The summed E-state index contributed by atoms with van der Waals surface area (Å²) in [5.74, 6) is 0.872. The van der Waals surface area contributed by atoms with Crippen molar-refractivity contribution in [3.05, 3.63) is 83.6 Å². The molecule has 0 aliphatic heterocycles. The molecule has 1 aromatic heterocycles. The highest BCUT2D eigenvalue weighted by Gasteiger charge is 2.17. The van der Waals surface area contributed by atoms with Gasteiger partial charge in [-0.2, -0.15) is 0 Å². The molecule has 0 spiro atoms. The topological polar surface area (TPSA) is 80.3 Å². The summed E-state index contributed by atoms with van der Waals surface area (Å²) in [6.45, 7) is 11.9. The predicted octanol–water partition coefficient (Wildman–Crippen LogP) is 7.27. The summed E-state index contributed by atoms with van der Waals surface area (Å²) in [5, 5.41) is 5.66. The van der Waals surface area contributed by atoms with E-state index in [0.29, 0.717) is 17.1 Å². The SMILES string of the molecule is CC(C)(C)OC(=O)Nc1cc(CSc2ccccc2C(=O)Nc2ccc(C(C)(C)C)cc2)ccn1. The molecule has 184 valence electrons. The summed E-state index contributed by atoms with van der Waals surface area (Å²) in [7, 11) is 0. The van der Waals surface area contributed by atoms with Crippen molar-refractivity contribution in [2.75, 3.05) is 10.6 Å². The maximum Gasteiger partial charge on any atom is 0.413 e. The van der Waals surface area contributed by atoms with Gasteiger partial charge in [0.1, 0.15) is 11.4 Å². The lowest BCUT2D eigenvalue weighted by molar-refractivity contribution is 0.0635. The zero-order chi connectivity index (χ0) is 25.6. The molecule has 0 saturated heterocycles. The fraction of sp³-hybridized carbons (Fsp3) is 0.321. The fourth-order valence-corrected chi connectivity index (χ4v) is 4.23. The van der Waals surface area contributed by atoms with Gasteiger partial charge in [-0.15, -0.1) is 11.8 Å². The summed E-state index contributed by atoms with van der Waals surface area (Å²) in [4.78, 5) is 30.1. The first-order valence-corrected chi connectivity index (χ1v) is 12.5. The number of thioether (sulfide) groups is 1. The molecule has 3 aromatic rings. The summed E-state index contributed by atoms with van der Waals surface area (Å²) in [5.41, 5.74) is 3.01. The highest BCUT2D eigenvalue weighted by molar-refractivity contribution is 7.98. The lowest BCUT2D eigenvalue weighted by Gasteiger charge is -2.19.